The van der Waals surface area contributed by atoms with Crippen LogP contribution in [0.4, 0.5) is 0 Å². The first-order valence-corrected chi connectivity index (χ1v) is 8.70. The first kappa shape index (κ1) is 16.8. The van der Waals surface area contributed by atoms with Crippen LogP contribution in [0.5, 0.6) is 0 Å². The predicted octanol–water partition coefficient (Wildman–Crippen LogP) is 3.62. The third kappa shape index (κ3) is 5.28. The molecule has 2 saturated carbocycles. The Hall–Kier alpha value is -0.570. The molecule has 21 heavy (non-hydrogen) atoms. The minimum atomic E-state index is 0.258. The molecular formula is C18H34N2O. The molecule has 2 fully saturated rings. The lowest BCUT2D eigenvalue weighted by molar-refractivity contribution is -0.123. The molecule has 0 aliphatic heterocycles. The molecule has 2 rings (SSSR count). The average molecular weight is 294 g/mol. The van der Waals surface area contributed by atoms with E-state index in [0.717, 1.165) is 38.5 Å². The highest BCUT2D eigenvalue weighted by molar-refractivity contribution is 5.76. The van der Waals surface area contributed by atoms with Crippen molar-refractivity contribution in [2.75, 3.05) is 0 Å². The van der Waals surface area contributed by atoms with Gasteiger partial charge in [0.2, 0.25) is 5.91 Å². The summed E-state index contributed by atoms with van der Waals surface area (Å²) in [6, 6.07) is 0.714. The van der Waals surface area contributed by atoms with Gasteiger partial charge in [0.05, 0.1) is 0 Å². The van der Waals surface area contributed by atoms with Gasteiger partial charge in [-0.15, -0.1) is 0 Å². The molecule has 0 aromatic rings. The van der Waals surface area contributed by atoms with E-state index in [1.54, 1.807) is 0 Å². The third-order valence-electron chi connectivity index (χ3n) is 5.29. The van der Waals surface area contributed by atoms with Gasteiger partial charge < -0.3 is 11.1 Å². The highest BCUT2D eigenvalue weighted by atomic mass is 16.1. The van der Waals surface area contributed by atoms with E-state index in [-0.39, 0.29) is 5.91 Å². The fourth-order valence-electron chi connectivity index (χ4n) is 4.89. The Morgan fingerprint density at radius 3 is 2.10 bits per heavy atom. The van der Waals surface area contributed by atoms with Crippen molar-refractivity contribution in [1.29, 1.82) is 0 Å². The molecule has 0 aromatic heterocycles. The van der Waals surface area contributed by atoms with Crippen molar-refractivity contribution in [1.82, 2.24) is 5.32 Å². The van der Waals surface area contributed by atoms with Crippen molar-refractivity contribution in [3.63, 3.8) is 0 Å². The summed E-state index contributed by atoms with van der Waals surface area (Å²) >= 11 is 0. The Bertz CT molecular complexity index is 351. The largest absolute Gasteiger partial charge is 0.353 e. The van der Waals surface area contributed by atoms with Crippen molar-refractivity contribution in [3.8, 4) is 0 Å². The smallest absolute Gasteiger partial charge is 0.220 e. The standard InChI is InChI=1S/C18H34N2O/c1-17(2)10-15(11-18(3,4)12-17)20-16(21)9-13-5-7-14(19)8-6-13/h13-15H,5-12,19H2,1-4H3,(H,20,21). The molecule has 2 aliphatic rings. The molecule has 0 atom stereocenters. The molecule has 0 saturated heterocycles. The number of nitrogens with one attached hydrogen (secondary N) is 1. The molecule has 0 heterocycles. The number of rotatable bonds is 3. The summed E-state index contributed by atoms with van der Waals surface area (Å²) in [7, 11) is 0. The molecule has 3 heteroatoms. The van der Waals surface area contributed by atoms with Gasteiger partial charge >= 0.3 is 0 Å². The second-order valence-corrected chi connectivity index (χ2v) is 9.16. The lowest BCUT2D eigenvalue weighted by Gasteiger charge is -2.45. The highest BCUT2D eigenvalue weighted by Gasteiger charge is 2.39. The van der Waals surface area contributed by atoms with Gasteiger partial charge in [-0.2, -0.15) is 0 Å². The van der Waals surface area contributed by atoms with Crippen LogP contribution in [-0.4, -0.2) is 18.0 Å². The molecule has 0 radical (unpaired) electrons. The summed E-state index contributed by atoms with van der Waals surface area (Å²) in [6.07, 6.45) is 8.57. The Balaban J connectivity index is 1.82. The van der Waals surface area contributed by atoms with Gasteiger partial charge in [-0.1, -0.05) is 27.7 Å². The average Bonchev–Trinajstić information content (AvgIpc) is 2.27. The van der Waals surface area contributed by atoms with Crippen molar-refractivity contribution >= 4 is 5.91 Å². The van der Waals surface area contributed by atoms with Gasteiger partial charge in [-0.3, -0.25) is 4.79 Å². The fourth-order valence-corrected chi connectivity index (χ4v) is 4.89. The maximum Gasteiger partial charge on any atom is 0.220 e. The molecule has 0 unspecified atom stereocenters. The summed E-state index contributed by atoms with van der Waals surface area (Å²) < 4.78 is 0. The maximum absolute atomic E-state index is 12.3. The normalized spacial score (nSPS) is 32.6. The van der Waals surface area contributed by atoms with E-state index < -0.39 is 0 Å². The molecule has 0 aromatic carbocycles. The van der Waals surface area contributed by atoms with Crippen LogP contribution in [0.1, 0.15) is 79.1 Å². The van der Waals surface area contributed by atoms with E-state index in [4.69, 9.17) is 5.73 Å². The molecule has 0 bridgehead atoms. The molecule has 122 valence electrons. The van der Waals surface area contributed by atoms with Crippen molar-refractivity contribution in [3.05, 3.63) is 0 Å². The second kappa shape index (κ2) is 6.28. The topological polar surface area (TPSA) is 55.1 Å². The van der Waals surface area contributed by atoms with Crippen LogP contribution in [-0.2, 0) is 4.79 Å². The predicted molar refractivity (Wildman–Crippen MR) is 87.9 cm³/mol. The molecule has 3 nitrogen and oxygen atoms in total. The maximum atomic E-state index is 12.3. The monoisotopic (exact) mass is 294 g/mol. The van der Waals surface area contributed by atoms with Gasteiger partial charge in [-0.05, 0) is 61.7 Å². The highest BCUT2D eigenvalue weighted by Crippen LogP contribution is 2.45. The van der Waals surface area contributed by atoms with Crippen LogP contribution in [0, 0.1) is 16.7 Å². The minimum absolute atomic E-state index is 0.258. The summed E-state index contributed by atoms with van der Waals surface area (Å²) in [5.74, 6) is 0.809. The summed E-state index contributed by atoms with van der Waals surface area (Å²) in [5.41, 5.74) is 6.60. The molecular weight excluding hydrogens is 260 g/mol. The van der Waals surface area contributed by atoms with E-state index in [1.165, 1.54) is 6.42 Å². The zero-order valence-corrected chi connectivity index (χ0v) is 14.4. The van der Waals surface area contributed by atoms with Crippen LogP contribution in [0.25, 0.3) is 0 Å². The first-order chi connectivity index (χ1) is 9.65. The van der Waals surface area contributed by atoms with Crippen LogP contribution in [0.3, 0.4) is 0 Å². The van der Waals surface area contributed by atoms with Gasteiger partial charge in [0, 0.05) is 18.5 Å². The first-order valence-electron chi connectivity index (χ1n) is 8.70. The Labute approximate surface area is 130 Å². The molecule has 2 aliphatic carbocycles. The zero-order valence-electron chi connectivity index (χ0n) is 14.4. The van der Waals surface area contributed by atoms with Crippen LogP contribution in [0.15, 0.2) is 0 Å². The lowest BCUT2D eigenvalue weighted by Crippen LogP contribution is -2.46. The van der Waals surface area contributed by atoms with Gasteiger partial charge in [0.15, 0.2) is 0 Å². The molecule has 0 spiro atoms. The quantitative estimate of drug-likeness (QED) is 0.835. The Morgan fingerprint density at radius 2 is 1.57 bits per heavy atom. The fraction of sp³-hybridized carbons (Fsp3) is 0.944. The lowest BCUT2D eigenvalue weighted by atomic mass is 9.63. The van der Waals surface area contributed by atoms with Gasteiger partial charge in [-0.25, -0.2) is 0 Å². The number of amides is 1. The number of carbonyl (C=O) groups excluding carboxylic acids is 1. The SMILES string of the molecule is CC1(C)CC(NC(=O)CC2CCC(N)CC2)CC(C)(C)C1. The molecule has 1 amide bonds. The van der Waals surface area contributed by atoms with Crippen LogP contribution < -0.4 is 11.1 Å². The minimum Gasteiger partial charge on any atom is -0.353 e. The van der Waals surface area contributed by atoms with E-state index >= 15 is 0 Å². The van der Waals surface area contributed by atoms with Crippen molar-refractivity contribution < 1.29 is 4.79 Å². The van der Waals surface area contributed by atoms with E-state index in [2.05, 4.69) is 33.0 Å². The van der Waals surface area contributed by atoms with E-state index in [0.29, 0.717) is 35.3 Å². The Kier molecular flexibility index (Phi) is 5.02. The van der Waals surface area contributed by atoms with Crippen molar-refractivity contribution in [2.24, 2.45) is 22.5 Å². The molecule has 3 N–H and O–H groups in total. The van der Waals surface area contributed by atoms with E-state index in [9.17, 15) is 4.79 Å². The number of nitrogens with two attached hydrogens (primary N) is 1. The number of carbonyl (C=O) groups is 1. The van der Waals surface area contributed by atoms with Crippen molar-refractivity contribution in [2.45, 2.75) is 91.1 Å². The summed E-state index contributed by atoms with van der Waals surface area (Å²) in [4.78, 5) is 12.3. The Morgan fingerprint density at radius 1 is 1.05 bits per heavy atom. The summed E-state index contributed by atoms with van der Waals surface area (Å²) in [5, 5.41) is 3.32. The zero-order chi connectivity index (χ0) is 15.7. The van der Waals surface area contributed by atoms with Crippen LogP contribution in [0.2, 0.25) is 0 Å². The third-order valence-corrected chi connectivity index (χ3v) is 5.29. The second-order valence-electron chi connectivity index (χ2n) is 9.16. The number of hydrogen-bond donors (Lipinski definition) is 2. The number of hydrogen-bond acceptors (Lipinski definition) is 2. The summed E-state index contributed by atoms with van der Waals surface area (Å²) in [6.45, 7) is 9.32. The van der Waals surface area contributed by atoms with Gasteiger partial charge in [0.1, 0.15) is 0 Å². The van der Waals surface area contributed by atoms with E-state index in [1.807, 2.05) is 0 Å². The van der Waals surface area contributed by atoms with Gasteiger partial charge in [0.25, 0.3) is 0 Å². The van der Waals surface area contributed by atoms with Crippen LogP contribution >= 0.6 is 0 Å².